The van der Waals surface area contributed by atoms with Crippen molar-refractivity contribution in [3.05, 3.63) is 52.6 Å². The minimum absolute atomic E-state index is 0.0187. The highest BCUT2D eigenvalue weighted by atomic mass is 16.2. The van der Waals surface area contributed by atoms with Gasteiger partial charge in [0.2, 0.25) is 5.91 Å². The molecule has 2 N–H and O–H groups in total. The fourth-order valence-corrected chi connectivity index (χ4v) is 2.67. The highest BCUT2D eigenvalue weighted by molar-refractivity contribution is 5.96. The summed E-state index contributed by atoms with van der Waals surface area (Å²) in [5, 5.41) is 5.76. The van der Waals surface area contributed by atoms with Gasteiger partial charge in [0.15, 0.2) is 0 Å². The lowest BCUT2D eigenvalue weighted by Crippen LogP contribution is -2.24. The first-order valence-electron chi connectivity index (χ1n) is 8.74. The zero-order chi connectivity index (χ0) is 19.3. The minimum Gasteiger partial charge on any atom is -0.346 e. The van der Waals surface area contributed by atoms with E-state index in [1.165, 1.54) is 0 Å². The van der Waals surface area contributed by atoms with Gasteiger partial charge in [-0.3, -0.25) is 9.59 Å². The van der Waals surface area contributed by atoms with E-state index in [4.69, 9.17) is 0 Å². The molecule has 2 amide bonds. The molecule has 0 spiro atoms. The third-order valence-electron chi connectivity index (χ3n) is 3.81. The number of rotatable bonds is 6. The number of nitrogens with one attached hydrogen (secondary N) is 2. The summed E-state index contributed by atoms with van der Waals surface area (Å²) in [4.78, 5) is 32.8. The van der Waals surface area contributed by atoms with Crippen molar-refractivity contribution in [2.24, 2.45) is 5.92 Å². The van der Waals surface area contributed by atoms with E-state index in [0.717, 1.165) is 22.6 Å². The number of aryl methyl sites for hydroxylation is 3. The summed E-state index contributed by atoms with van der Waals surface area (Å²) < 4.78 is 0. The molecular formula is C20H26N4O2. The van der Waals surface area contributed by atoms with Crippen molar-refractivity contribution < 1.29 is 9.59 Å². The molecule has 2 rings (SSSR count). The van der Waals surface area contributed by atoms with Crippen LogP contribution >= 0.6 is 0 Å². The fourth-order valence-electron chi connectivity index (χ4n) is 2.67. The van der Waals surface area contributed by atoms with Gasteiger partial charge in [-0.15, -0.1) is 0 Å². The molecule has 1 aromatic carbocycles. The standard InChI is InChI=1S/C20H26N4O2/c1-12(2)8-19(25)24-18-7-6-16(9-13(18)3)20(26)21-11-17-10-14(4)22-15(5)23-17/h6-7,9-10,12H,8,11H2,1-5H3,(H,21,26)(H,24,25). The maximum Gasteiger partial charge on any atom is 0.251 e. The number of nitrogens with zero attached hydrogens (tertiary/aromatic N) is 2. The average Bonchev–Trinajstić information content (AvgIpc) is 2.53. The molecule has 0 aliphatic rings. The van der Waals surface area contributed by atoms with E-state index >= 15 is 0 Å². The van der Waals surface area contributed by atoms with Gasteiger partial charge in [-0.05, 0) is 56.5 Å². The second-order valence-corrected chi connectivity index (χ2v) is 6.91. The Labute approximate surface area is 154 Å². The normalized spacial score (nSPS) is 10.7. The molecule has 0 aliphatic heterocycles. The van der Waals surface area contributed by atoms with Crippen molar-refractivity contribution in [2.75, 3.05) is 5.32 Å². The third-order valence-corrected chi connectivity index (χ3v) is 3.81. The summed E-state index contributed by atoms with van der Waals surface area (Å²) in [5.74, 6) is 0.790. The van der Waals surface area contributed by atoms with Gasteiger partial charge in [0.1, 0.15) is 5.82 Å². The molecule has 0 saturated carbocycles. The van der Waals surface area contributed by atoms with Crippen LogP contribution in [0.5, 0.6) is 0 Å². The van der Waals surface area contributed by atoms with Crippen LogP contribution in [0.4, 0.5) is 5.69 Å². The maximum atomic E-state index is 12.4. The first-order chi connectivity index (χ1) is 12.2. The SMILES string of the molecule is Cc1cc(CNC(=O)c2ccc(NC(=O)CC(C)C)c(C)c2)nc(C)n1. The molecule has 1 aromatic heterocycles. The van der Waals surface area contributed by atoms with Gasteiger partial charge in [-0.25, -0.2) is 9.97 Å². The predicted molar refractivity (Wildman–Crippen MR) is 102 cm³/mol. The minimum atomic E-state index is -0.179. The van der Waals surface area contributed by atoms with Crippen LogP contribution in [0.3, 0.4) is 0 Å². The van der Waals surface area contributed by atoms with E-state index in [1.54, 1.807) is 18.2 Å². The number of aromatic nitrogens is 2. The van der Waals surface area contributed by atoms with E-state index in [0.29, 0.717) is 30.3 Å². The van der Waals surface area contributed by atoms with Crippen LogP contribution in [0.25, 0.3) is 0 Å². The Morgan fingerprint density at radius 3 is 2.42 bits per heavy atom. The number of anilines is 1. The smallest absolute Gasteiger partial charge is 0.251 e. The van der Waals surface area contributed by atoms with E-state index < -0.39 is 0 Å². The van der Waals surface area contributed by atoms with Gasteiger partial charge in [0.05, 0.1) is 12.2 Å². The summed E-state index contributed by atoms with van der Waals surface area (Å²) in [6.45, 7) is 9.94. The number of carbonyl (C=O) groups is 2. The molecule has 0 aliphatic carbocycles. The maximum absolute atomic E-state index is 12.4. The summed E-state index contributed by atoms with van der Waals surface area (Å²) >= 11 is 0. The highest BCUT2D eigenvalue weighted by Crippen LogP contribution is 2.17. The predicted octanol–water partition coefficient (Wildman–Crippen LogP) is 3.32. The second-order valence-electron chi connectivity index (χ2n) is 6.91. The Balaban J connectivity index is 2.01. The van der Waals surface area contributed by atoms with Crippen molar-refractivity contribution in [2.45, 2.75) is 47.6 Å². The van der Waals surface area contributed by atoms with Crippen LogP contribution in [0.15, 0.2) is 24.3 Å². The lowest BCUT2D eigenvalue weighted by atomic mass is 10.1. The molecule has 6 nitrogen and oxygen atoms in total. The monoisotopic (exact) mass is 354 g/mol. The second kappa shape index (κ2) is 8.56. The van der Waals surface area contributed by atoms with Gasteiger partial charge in [-0.2, -0.15) is 0 Å². The molecule has 0 bridgehead atoms. The van der Waals surface area contributed by atoms with Crippen molar-refractivity contribution in [3.8, 4) is 0 Å². The summed E-state index contributed by atoms with van der Waals surface area (Å²) in [6, 6.07) is 7.11. The van der Waals surface area contributed by atoms with Crippen molar-refractivity contribution in [3.63, 3.8) is 0 Å². The molecular weight excluding hydrogens is 328 g/mol. The topological polar surface area (TPSA) is 84.0 Å². The molecule has 26 heavy (non-hydrogen) atoms. The number of amides is 2. The lowest BCUT2D eigenvalue weighted by Gasteiger charge is -2.12. The largest absolute Gasteiger partial charge is 0.346 e. The molecule has 1 heterocycles. The number of carbonyl (C=O) groups excluding carboxylic acids is 2. The van der Waals surface area contributed by atoms with Crippen LogP contribution in [0.2, 0.25) is 0 Å². The molecule has 6 heteroatoms. The summed E-state index contributed by atoms with van der Waals surface area (Å²) in [6.07, 6.45) is 0.472. The highest BCUT2D eigenvalue weighted by Gasteiger charge is 2.11. The molecule has 2 aromatic rings. The first-order valence-corrected chi connectivity index (χ1v) is 8.74. The Morgan fingerprint density at radius 2 is 1.81 bits per heavy atom. The van der Waals surface area contributed by atoms with Crippen LogP contribution in [0, 0.1) is 26.7 Å². The zero-order valence-electron chi connectivity index (χ0n) is 16.0. The van der Waals surface area contributed by atoms with Gasteiger partial charge >= 0.3 is 0 Å². The van der Waals surface area contributed by atoms with Gasteiger partial charge in [0.25, 0.3) is 5.91 Å². The first kappa shape index (κ1) is 19.6. The van der Waals surface area contributed by atoms with E-state index in [-0.39, 0.29) is 11.8 Å². The van der Waals surface area contributed by atoms with E-state index in [9.17, 15) is 9.59 Å². The van der Waals surface area contributed by atoms with Crippen molar-refractivity contribution >= 4 is 17.5 Å². The molecule has 138 valence electrons. The fraction of sp³-hybridized carbons (Fsp3) is 0.400. The van der Waals surface area contributed by atoms with Gasteiger partial charge in [0, 0.05) is 23.4 Å². The van der Waals surface area contributed by atoms with Crippen molar-refractivity contribution in [1.82, 2.24) is 15.3 Å². The molecule has 0 saturated heterocycles. The Hall–Kier alpha value is -2.76. The molecule has 0 unspecified atom stereocenters. The third kappa shape index (κ3) is 5.65. The van der Waals surface area contributed by atoms with Gasteiger partial charge < -0.3 is 10.6 Å². The zero-order valence-corrected chi connectivity index (χ0v) is 16.0. The Bertz CT molecular complexity index is 795. The number of hydrogen-bond donors (Lipinski definition) is 2. The van der Waals surface area contributed by atoms with Crippen LogP contribution in [0.1, 0.15) is 53.4 Å². The molecule has 0 atom stereocenters. The molecule has 0 radical (unpaired) electrons. The van der Waals surface area contributed by atoms with Crippen LogP contribution in [-0.4, -0.2) is 21.8 Å². The van der Waals surface area contributed by atoms with Crippen LogP contribution < -0.4 is 10.6 Å². The lowest BCUT2D eigenvalue weighted by molar-refractivity contribution is -0.116. The number of benzene rings is 1. The van der Waals surface area contributed by atoms with Crippen molar-refractivity contribution in [1.29, 1.82) is 0 Å². The van der Waals surface area contributed by atoms with Crippen LogP contribution in [-0.2, 0) is 11.3 Å². The van der Waals surface area contributed by atoms with E-state index in [2.05, 4.69) is 20.6 Å². The summed E-state index contributed by atoms with van der Waals surface area (Å²) in [7, 11) is 0. The summed E-state index contributed by atoms with van der Waals surface area (Å²) in [5.41, 5.74) is 3.78. The quantitative estimate of drug-likeness (QED) is 0.833. The Morgan fingerprint density at radius 1 is 1.08 bits per heavy atom. The molecule has 0 fully saturated rings. The van der Waals surface area contributed by atoms with E-state index in [1.807, 2.05) is 40.7 Å². The van der Waals surface area contributed by atoms with Gasteiger partial charge in [-0.1, -0.05) is 13.8 Å². The Kier molecular flexibility index (Phi) is 6.44. The average molecular weight is 354 g/mol. The number of hydrogen-bond acceptors (Lipinski definition) is 4.